The average molecular weight is 198 g/mol. The number of primary amides is 1. The first-order chi connectivity index (χ1) is 6.45. The largest absolute Gasteiger partial charge is 0.463 e. The first-order valence-electron chi connectivity index (χ1n) is 3.93. The van der Waals surface area contributed by atoms with Crippen molar-refractivity contribution in [3.05, 3.63) is 12.2 Å². The van der Waals surface area contributed by atoms with Crippen LogP contribution in [0.25, 0.3) is 0 Å². The molecule has 0 heterocycles. The highest BCUT2D eigenvalue weighted by molar-refractivity contribution is 5.86. The molecule has 0 rings (SSSR count). The fraction of sp³-hybridized carbons (Fsp3) is 0.444. The molecule has 0 spiro atoms. The van der Waals surface area contributed by atoms with Crippen molar-refractivity contribution in [3.8, 4) is 6.07 Å². The van der Waals surface area contributed by atoms with E-state index in [1.54, 1.807) is 19.9 Å². The summed E-state index contributed by atoms with van der Waals surface area (Å²) >= 11 is 0. The summed E-state index contributed by atoms with van der Waals surface area (Å²) in [5, 5.41) is 7.69. The molecule has 14 heavy (non-hydrogen) atoms. The maximum absolute atomic E-state index is 10.4. The second-order valence-electron chi connectivity index (χ2n) is 2.30. The van der Waals surface area contributed by atoms with Gasteiger partial charge in [-0.1, -0.05) is 6.58 Å². The Balaban J connectivity index is 0. The predicted molar refractivity (Wildman–Crippen MR) is 50.9 cm³/mol. The molecule has 0 aliphatic rings. The number of nitrogens with two attached hydrogens (primary N) is 1. The van der Waals surface area contributed by atoms with E-state index in [2.05, 4.69) is 17.0 Å². The summed E-state index contributed by atoms with van der Waals surface area (Å²) in [6.07, 6.45) is -0.181. The van der Waals surface area contributed by atoms with Gasteiger partial charge in [-0.3, -0.25) is 4.79 Å². The summed E-state index contributed by atoms with van der Waals surface area (Å²) in [5.74, 6) is -0.884. The number of esters is 1. The molecule has 5 nitrogen and oxygen atoms in total. The predicted octanol–water partition coefficient (Wildman–Crippen LogP) is 0.511. The smallest absolute Gasteiger partial charge is 0.333 e. The van der Waals surface area contributed by atoms with Crippen LogP contribution in [0.5, 0.6) is 0 Å². The second-order valence-corrected chi connectivity index (χ2v) is 2.30. The lowest BCUT2D eigenvalue weighted by molar-refractivity contribution is -0.138. The standard InChI is InChI=1S/C6H10O2.C3H4N2O/c1-4-8-6(7)5(2)3;4-2-1-3(5)6/h2,4H2,1,3H3;1H2,(H2,5,6). The molecular formula is C9H14N2O3. The van der Waals surface area contributed by atoms with Gasteiger partial charge in [-0.2, -0.15) is 5.26 Å². The lowest BCUT2D eigenvalue weighted by Crippen LogP contribution is -2.07. The van der Waals surface area contributed by atoms with Gasteiger partial charge in [-0.25, -0.2) is 4.79 Å². The van der Waals surface area contributed by atoms with Crippen molar-refractivity contribution >= 4 is 11.9 Å². The number of ether oxygens (including phenoxy) is 1. The minimum Gasteiger partial charge on any atom is -0.463 e. The van der Waals surface area contributed by atoms with Crippen LogP contribution in [-0.4, -0.2) is 18.5 Å². The number of nitriles is 1. The monoisotopic (exact) mass is 198 g/mol. The molecule has 0 aliphatic carbocycles. The van der Waals surface area contributed by atoms with Crippen LogP contribution >= 0.6 is 0 Å². The van der Waals surface area contributed by atoms with Gasteiger partial charge in [0.1, 0.15) is 6.42 Å². The van der Waals surface area contributed by atoms with E-state index in [0.717, 1.165) is 0 Å². The van der Waals surface area contributed by atoms with Crippen LogP contribution in [0.1, 0.15) is 20.3 Å². The number of carbonyl (C=O) groups excluding carboxylic acids is 2. The van der Waals surface area contributed by atoms with Crippen LogP contribution in [0.2, 0.25) is 0 Å². The molecule has 0 saturated carbocycles. The van der Waals surface area contributed by atoms with Crippen LogP contribution in [0.4, 0.5) is 0 Å². The van der Waals surface area contributed by atoms with Crippen molar-refractivity contribution in [3.63, 3.8) is 0 Å². The van der Waals surface area contributed by atoms with E-state index in [9.17, 15) is 9.59 Å². The normalized spacial score (nSPS) is 7.50. The number of hydrogen-bond acceptors (Lipinski definition) is 4. The van der Waals surface area contributed by atoms with Gasteiger partial charge in [0.25, 0.3) is 0 Å². The molecule has 0 aromatic heterocycles. The van der Waals surface area contributed by atoms with E-state index in [-0.39, 0.29) is 12.4 Å². The third-order valence-electron chi connectivity index (χ3n) is 0.877. The number of hydrogen-bond donors (Lipinski definition) is 1. The van der Waals surface area contributed by atoms with E-state index in [1.807, 2.05) is 0 Å². The molecule has 1 amide bonds. The molecule has 0 saturated heterocycles. The first-order valence-corrected chi connectivity index (χ1v) is 3.93. The van der Waals surface area contributed by atoms with Gasteiger partial charge >= 0.3 is 5.97 Å². The third-order valence-corrected chi connectivity index (χ3v) is 0.877. The molecule has 0 aromatic rings. The van der Waals surface area contributed by atoms with Crippen molar-refractivity contribution in [1.29, 1.82) is 5.26 Å². The number of rotatable bonds is 3. The van der Waals surface area contributed by atoms with Crippen molar-refractivity contribution in [2.24, 2.45) is 5.73 Å². The molecule has 0 atom stereocenters. The summed E-state index contributed by atoms with van der Waals surface area (Å²) in [6, 6.07) is 1.59. The van der Waals surface area contributed by atoms with Crippen molar-refractivity contribution in [2.75, 3.05) is 6.61 Å². The molecule has 0 aromatic carbocycles. The minimum atomic E-state index is -0.572. The van der Waals surface area contributed by atoms with Crippen molar-refractivity contribution in [2.45, 2.75) is 20.3 Å². The first kappa shape index (κ1) is 14.7. The van der Waals surface area contributed by atoms with Gasteiger partial charge < -0.3 is 10.5 Å². The Morgan fingerprint density at radius 1 is 1.57 bits per heavy atom. The zero-order valence-corrected chi connectivity index (χ0v) is 8.37. The van der Waals surface area contributed by atoms with Crippen LogP contribution in [0.3, 0.4) is 0 Å². The SMILES string of the molecule is C=C(C)C(=O)OCC.N#CCC(N)=O. The molecule has 0 radical (unpaired) electrons. The van der Waals surface area contributed by atoms with Gasteiger partial charge in [-0.15, -0.1) is 0 Å². The molecular weight excluding hydrogens is 184 g/mol. The molecule has 0 bridgehead atoms. The van der Waals surface area contributed by atoms with Crippen molar-refractivity contribution in [1.82, 2.24) is 0 Å². The van der Waals surface area contributed by atoms with Crippen molar-refractivity contribution < 1.29 is 14.3 Å². The summed E-state index contributed by atoms with van der Waals surface area (Å²) in [7, 11) is 0. The Kier molecular flexibility index (Phi) is 9.71. The Morgan fingerprint density at radius 3 is 2.14 bits per heavy atom. The highest BCUT2D eigenvalue weighted by Gasteiger charge is 1.98. The van der Waals surface area contributed by atoms with E-state index in [0.29, 0.717) is 12.2 Å². The van der Waals surface area contributed by atoms with E-state index < -0.39 is 5.91 Å². The Morgan fingerprint density at radius 2 is 2.07 bits per heavy atom. The third kappa shape index (κ3) is 12.8. The quantitative estimate of drug-likeness (QED) is 0.528. The van der Waals surface area contributed by atoms with Crippen LogP contribution in [0, 0.1) is 11.3 Å². The van der Waals surface area contributed by atoms with E-state index in [1.165, 1.54) is 0 Å². The molecule has 0 fully saturated rings. The molecule has 0 aliphatic heterocycles. The summed E-state index contributed by atoms with van der Waals surface area (Å²) in [6.45, 7) is 7.21. The van der Waals surface area contributed by atoms with Gasteiger partial charge in [0, 0.05) is 5.57 Å². The summed E-state index contributed by atoms with van der Waals surface area (Å²) in [5.41, 5.74) is 4.99. The Labute approximate surface area is 83.1 Å². The fourth-order valence-electron chi connectivity index (χ4n) is 0.332. The maximum Gasteiger partial charge on any atom is 0.333 e. The number of nitrogens with zero attached hydrogens (tertiary/aromatic N) is 1. The van der Waals surface area contributed by atoms with Gasteiger partial charge in [-0.05, 0) is 13.8 Å². The zero-order valence-electron chi connectivity index (χ0n) is 8.37. The Bertz CT molecular complexity index is 253. The molecule has 0 unspecified atom stereocenters. The molecule has 2 N–H and O–H groups in total. The average Bonchev–Trinajstić information content (AvgIpc) is 2.05. The lowest BCUT2D eigenvalue weighted by Gasteiger charge is -1.96. The summed E-state index contributed by atoms with van der Waals surface area (Å²) in [4.78, 5) is 20.0. The van der Waals surface area contributed by atoms with Gasteiger partial charge in [0.15, 0.2) is 0 Å². The van der Waals surface area contributed by atoms with Crippen LogP contribution in [-0.2, 0) is 14.3 Å². The number of carbonyl (C=O) groups is 2. The van der Waals surface area contributed by atoms with E-state index >= 15 is 0 Å². The highest BCUT2D eigenvalue weighted by atomic mass is 16.5. The minimum absolute atomic E-state index is 0.181. The lowest BCUT2D eigenvalue weighted by atomic mass is 10.4. The van der Waals surface area contributed by atoms with Crippen LogP contribution < -0.4 is 5.73 Å². The topological polar surface area (TPSA) is 93.2 Å². The second kappa shape index (κ2) is 9.26. The molecule has 78 valence electrons. The van der Waals surface area contributed by atoms with Gasteiger partial charge in [0.05, 0.1) is 12.7 Å². The maximum atomic E-state index is 10.4. The van der Waals surface area contributed by atoms with Crippen LogP contribution in [0.15, 0.2) is 12.2 Å². The summed E-state index contributed by atoms with van der Waals surface area (Å²) < 4.78 is 4.56. The zero-order chi connectivity index (χ0) is 11.6. The molecule has 5 heteroatoms. The van der Waals surface area contributed by atoms with E-state index in [4.69, 9.17) is 5.26 Å². The Hall–Kier alpha value is -1.83. The van der Waals surface area contributed by atoms with Gasteiger partial charge in [0.2, 0.25) is 5.91 Å². The number of amides is 1. The highest BCUT2D eigenvalue weighted by Crippen LogP contribution is 1.89. The fourth-order valence-corrected chi connectivity index (χ4v) is 0.332.